The number of carbonyl (C=O) groups excluding carboxylic acids is 2. The van der Waals surface area contributed by atoms with Gasteiger partial charge in [0, 0.05) is 22.6 Å². The van der Waals surface area contributed by atoms with Gasteiger partial charge in [-0.3, -0.25) is 13.9 Å². The van der Waals surface area contributed by atoms with E-state index in [4.69, 9.17) is 27.9 Å². The lowest BCUT2D eigenvalue weighted by molar-refractivity contribution is -0.139. The van der Waals surface area contributed by atoms with Crippen molar-refractivity contribution in [1.29, 1.82) is 0 Å². The van der Waals surface area contributed by atoms with Crippen LogP contribution in [0.3, 0.4) is 0 Å². The molecule has 11 heteroatoms. The zero-order valence-electron chi connectivity index (χ0n) is 23.5. The van der Waals surface area contributed by atoms with Crippen molar-refractivity contribution in [2.24, 2.45) is 0 Å². The van der Waals surface area contributed by atoms with E-state index in [0.29, 0.717) is 27.8 Å². The van der Waals surface area contributed by atoms with Crippen molar-refractivity contribution in [1.82, 2.24) is 10.2 Å². The van der Waals surface area contributed by atoms with Crippen LogP contribution in [0.25, 0.3) is 0 Å². The second-order valence-corrected chi connectivity index (χ2v) is 12.2. The van der Waals surface area contributed by atoms with E-state index < -0.39 is 28.5 Å². The first kappa shape index (κ1) is 32.2. The van der Waals surface area contributed by atoms with Crippen LogP contribution >= 0.6 is 23.2 Å². The maximum atomic E-state index is 14.1. The van der Waals surface area contributed by atoms with Crippen molar-refractivity contribution in [3.8, 4) is 5.75 Å². The van der Waals surface area contributed by atoms with Crippen molar-refractivity contribution in [2.75, 3.05) is 17.5 Å². The summed E-state index contributed by atoms with van der Waals surface area (Å²) in [5.74, 6) is -0.664. The summed E-state index contributed by atoms with van der Waals surface area (Å²) >= 11 is 12.4. The van der Waals surface area contributed by atoms with Crippen molar-refractivity contribution in [3.63, 3.8) is 0 Å². The summed E-state index contributed by atoms with van der Waals surface area (Å²) in [5.41, 5.74) is 0.805. The first-order valence-corrected chi connectivity index (χ1v) is 15.5. The number of nitrogens with one attached hydrogen (secondary N) is 1. The predicted octanol–water partition coefficient (Wildman–Crippen LogP) is 5.92. The van der Waals surface area contributed by atoms with E-state index in [9.17, 15) is 18.0 Å². The molecule has 0 saturated carbocycles. The van der Waals surface area contributed by atoms with Crippen LogP contribution < -0.4 is 14.4 Å². The van der Waals surface area contributed by atoms with Crippen molar-refractivity contribution in [3.05, 3.63) is 88.4 Å². The molecule has 0 aliphatic rings. The standard InChI is InChI=1S/C30H35Cl2N3O5S/c1-5-21(3)33-30(37)22(4)34(19-23-11-7-8-12-26(23)32)29(36)20-35(27-13-9-10-14-28(27)40-6-2)41(38,39)25-17-15-24(31)16-18-25/h7-18,21-22H,5-6,19-20H2,1-4H3,(H,33,37). The third kappa shape index (κ3) is 8.15. The Morgan fingerprint density at radius 3 is 2.20 bits per heavy atom. The SMILES string of the molecule is CCOc1ccccc1N(CC(=O)N(Cc1ccccc1Cl)C(C)C(=O)NC(C)CC)S(=O)(=O)c1ccc(Cl)cc1. The zero-order valence-corrected chi connectivity index (χ0v) is 25.8. The largest absolute Gasteiger partial charge is 0.492 e. The summed E-state index contributed by atoms with van der Waals surface area (Å²) in [7, 11) is -4.27. The van der Waals surface area contributed by atoms with Crippen molar-refractivity contribution >= 4 is 50.7 Å². The highest BCUT2D eigenvalue weighted by Gasteiger charge is 2.34. The molecular weight excluding hydrogens is 585 g/mol. The molecule has 2 unspecified atom stereocenters. The number of amides is 2. The van der Waals surface area contributed by atoms with Gasteiger partial charge in [-0.25, -0.2) is 8.42 Å². The Morgan fingerprint density at radius 1 is 0.927 bits per heavy atom. The smallest absolute Gasteiger partial charge is 0.264 e. The third-order valence-electron chi connectivity index (χ3n) is 6.58. The lowest BCUT2D eigenvalue weighted by Crippen LogP contribution is -2.52. The van der Waals surface area contributed by atoms with E-state index in [1.807, 2.05) is 13.8 Å². The monoisotopic (exact) mass is 619 g/mol. The molecule has 3 rings (SSSR count). The molecule has 0 aliphatic carbocycles. The molecule has 41 heavy (non-hydrogen) atoms. The Labute approximate surface area is 252 Å². The van der Waals surface area contributed by atoms with Gasteiger partial charge < -0.3 is 15.0 Å². The van der Waals surface area contributed by atoms with Crippen LogP contribution in [-0.4, -0.2) is 50.4 Å². The Bertz CT molecular complexity index is 1450. The maximum absolute atomic E-state index is 14.1. The summed E-state index contributed by atoms with van der Waals surface area (Å²) in [6.07, 6.45) is 0.707. The highest BCUT2D eigenvalue weighted by atomic mass is 35.5. The molecule has 220 valence electrons. The van der Waals surface area contributed by atoms with Crippen molar-refractivity contribution < 1.29 is 22.7 Å². The molecule has 0 aliphatic heterocycles. The van der Waals surface area contributed by atoms with E-state index >= 15 is 0 Å². The lowest BCUT2D eigenvalue weighted by atomic mass is 10.1. The summed E-state index contributed by atoms with van der Waals surface area (Å²) in [6.45, 7) is 6.89. The number of anilines is 1. The third-order valence-corrected chi connectivity index (χ3v) is 8.98. The van der Waals surface area contributed by atoms with Crippen LogP contribution in [0.15, 0.2) is 77.7 Å². The van der Waals surface area contributed by atoms with Crippen LogP contribution in [0, 0.1) is 0 Å². The lowest BCUT2D eigenvalue weighted by Gasteiger charge is -2.33. The minimum Gasteiger partial charge on any atom is -0.492 e. The Morgan fingerprint density at radius 2 is 1.56 bits per heavy atom. The number of nitrogens with zero attached hydrogens (tertiary/aromatic N) is 2. The molecule has 0 aromatic heterocycles. The second-order valence-electron chi connectivity index (χ2n) is 9.47. The number of halogens is 2. The number of ether oxygens (including phenoxy) is 1. The molecule has 8 nitrogen and oxygen atoms in total. The number of sulfonamides is 1. The van der Waals surface area contributed by atoms with E-state index in [2.05, 4.69) is 5.32 Å². The minimum atomic E-state index is -4.27. The average molecular weight is 621 g/mol. The highest BCUT2D eigenvalue weighted by molar-refractivity contribution is 7.92. The fourth-order valence-electron chi connectivity index (χ4n) is 4.05. The predicted molar refractivity (Wildman–Crippen MR) is 163 cm³/mol. The number of carbonyl (C=O) groups is 2. The number of hydrogen-bond donors (Lipinski definition) is 1. The highest BCUT2D eigenvalue weighted by Crippen LogP contribution is 2.33. The fourth-order valence-corrected chi connectivity index (χ4v) is 5.79. The molecule has 1 N–H and O–H groups in total. The van der Waals surface area contributed by atoms with Crippen LogP contribution in [0.4, 0.5) is 5.69 Å². The molecule has 0 radical (unpaired) electrons. The van der Waals surface area contributed by atoms with Crippen LogP contribution in [-0.2, 0) is 26.2 Å². The molecule has 0 spiro atoms. The molecule has 3 aromatic rings. The number of hydrogen-bond acceptors (Lipinski definition) is 5. The van der Waals surface area contributed by atoms with E-state index in [-0.39, 0.29) is 35.7 Å². The molecule has 2 atom stereocenters. The molecule has 3 aromatic carbocycles. The van der Waals surface area contributed by atoms with Gasteiger partial charge in [-0.2, -0.15) is 0 Å². The topological polar surface area (TPSA) is 96.0 Å². The Kier molecular flexibility index (Phi) is 11.5. The van der Waals surface area contributed by atoms with Gasteiger partial charge in [0.2, 0.25) is 11.8 Å². The van der Waals surface area contributed by atoms with E-state index in [1.54, 1.807) is 62.4 Å². The van der Waals surface area contributed by atoms with Gasteiger partial charge in [0.25, 0.3) is 10.0 Å². The maximum Gasteiger partial charge on any atom is 0.264 e. The quantitative estimate of drug-likeness (QED) is 0.256. The summed E-state index contributed by atoms with van der Waals surface area (Å²) in [4.78, 5) is 28.5. The number of para-hydroxylation sites is 2. The molecule has 2 amide bonds. The summed E-state index contributed by atoms with van der Waals surface area (Å²) in [6, 6.07) is 18.2. The fraction of sp³-hybridized carbons (Fsp3) is 0.333. The molecule has 0 heterocycles. The first-order valence-electron chi connectivity index (χ1n) is 13.3. The second kappa shape index (κ2) is 14.6. The molecule has 0 fully saturated rings. The van der Waals surface area contributed by atoms with E-state index in [1.165, 1.54) is 29.2 Å². The van der Waals surface area contributed by atoms with Gasteiger partial charge >= 0.3 is 0 Å². The van der Waals surface area contributed by atoms with Gasteiger partial charge in [-0.05, 0) is 75.2 Å². The minimum absolute atomic E-state index is 0.00443. The van der Waals surface area contributed by atoms with Crippen LogP contribution in [0.1, 0.15) is 39.7 Å². The average Bonchev–Trinajstić information content (AvgIpc) is 2.95. The molecule has 0 bridgehead atoms. The zero-order chi connectivity index (χ0) is 30.2. The Balaban J connectivity index is 2.09. The molecular formula is C30H35Cl2N3O5S. The number of benzene rings is 3. The van der Waals surface area contributed by atoms with Gasteiger partial charge in [0.1, 0.15) is 18.3 Å². The van der Waals surface area contributed by atoms with Gasteiger partial charge in [-0.1, -0.05) is 60.5 Å². The normalized spacial score (nSPS) is 12.7. The number of rotatable bonds is 13. The summed E-state index contributed by atoms with van der Waals surface area (Å²) in [5, 5.41) is 3.70. The van der Waals surface area contributed by atoms with Crippen molar-refractivity contribution in [2.45, 2.75) is 57.6 Å². The van der Waals surface area contributed by atoms with Gasteiger partial charge in [-0.15, -0.1) is 0 Å². The van der Waals surface area contributed by atoms with Crippen LogP contribution in [0.5, 0.6) is 5.75 Å². The Hall–Kier alpha value is -3.27. The molecule has 0 saturated heterocycles. The van der Waals surface area contributed by atoms with Gasteiger partial charge in [0.15, 0.2) is 0 Å². The first-order chi connectivity index (χ1) is 19.5. The summed E-state index contributed by atoms with van der Waals surface area (Å²) < 4.78 is 34.8. The van der Waals surface area contributed by atoms with E-state index in [0.717, 1.165) is 4.31 Å². The van der Waals surface area contributed by atoms with Crippen LogP contribution in [0.2, 0.25) is 10.0 Å². The van der Waals surface area contributed by atoms with Gasteiger partial charge in [0.05, 0.1) is 17.2 Å².